The van der Waals surface area contributed by atoms with Crippen LogP contribution >= 0.6 is 11.6 Å². The van der Waals surface area contributed by atoms with Crippen molar-refractivity contribution in [2.75, 3.05) is 18.4 Å². The first-order chi connectivity index (χ1) is 12.8. The van der Waals surface area contributed by atoms with Gasteiger partial charge in [-0.3, -0.25) is 4.79 Å². The van der Waals surface area contributed by atoms with Crippen LogP contribution in [0.2, 0.25) is 5.02 Å². The van der Waals surface area contributed by atoms with Gasteiger partial charge in [0.25, 0.3) is 0 Å². The van der Waals surface area contributed by atoms with Crippen LogP contribution in [-0.4, -0.2) is 31.7 Å². The maximum absolute atomic E-state index is 12.7. The van der Waals surface area contributed by atoms with E-state index in [1.807, 2.05) is 37.3 Å². The number of nitrogens with zero attached hydrogens (tertiary/aromatic N) is 1. The summed E-state index contributed by atoms with van der Waals surface area (Å²) < 4.78 is 26.7. The minimum Gasteiger partial charge on any atom is -0.325 e. The Morgan fingerprint density at radius 1 is 1.11 bits per heavy atom. The van der Waals surface area contributed by atoms with Gasteiger partial charge in [-0.05, 0) is 29.7 Å². The van der Waals surface area contributed by atoms with E-state index >= 15 is 0 Å². The molecular formula is C20H25ClN2O3S. The zero-order chi connectivity index (χ0) is 20.0. The van der Waals surface area contributed by atoms with Crippen molar-refractivity contribution in [1.82, 2.24) is 4.31 Å². The van der Waals surface area contributed by atoms with Gasteiger partial charge < -0.3 is 5.32 Å². The predicted octanol–water partition coefficient (Wildman–Crippen LogP) is 4.50. The van der Waals surface area contributed by atoms with Crippen LogP contribution < -0.4 is 5.32 Å². The lowest BCUT2D eigenvalue weighted by Gasteiger charge is -2.19. The Labute approximate surface area is 166 Å². The Balaban J connectivity index is 2.18. The first-order valence-corrected chi connectivity index (χ1v) is 10.8. The number of carbonyl (C=O) groups excluding carboxylic acids is 1. The first-order valence-electron chi connectivity index (χ1n) is 8.94. The molecule has 0 fully saturated rings. The highest BCUT2D eigenvalue weighted by molar-refractivity contribution is 7.89. The fraction of sp³-hybridized carbons (Fsp3) is 0.350. The summed E-state index contributed by atoms with van der Waals surface area (Å²) in [4.78, 5) is 12.5. The Kier molecular flexibility index (Phi) is 7.41. The van der Waals surface area contributed by atoms with E-state index in [2.05, 4.69) is 5.32 Å². The molecular weight excluding hydrogens is 384 g/mol. The third kappa shape index (κ3) is 5.31. The molecule has 0 radical (unpaired) electrons. The lowest BCUT2D eigenvalue weighted by Crippen LogP contribution is -2.30. The number of hydrogen-bond donors (Lipinski definition) is 1. The number of amides is 1. The van der Waals surface area contributed by atoms with E-state index in [0.717, 1.165) is 5.56 Å². The van der Waals surface area contributed by atoms with Crippen LogP contribution in [0.1, 0.15) is 38.7 Å². The van der Waals surface area contributed by atoms with Gasteiger partial charge in [-0.15, -0.1) is 0 Å². The van der Waals surface area contributed by atoms with Crippen molar-refractivity contribution in [1.29, 1.82) is 0 Å². The van der Waals surface area contributed by atoms with E-state index in [1.54, 1.807) is 13.8 Å². The molecule has 0 spiro atoms. The monoisotopic (exact) mass is 408 g/mol. The molecule has 0 bridgehead atoms. The third-order valence-electron chi connectivity index (χ3n) is 4.42. The van der Waals surface area contributed by atoms with Crippen LogP contribution in [-0.2, 0) is 14.8 Å². The van der Waals surface area contributed by atoms with Gasteiger partial charge in [0.1, 0.15) is 0 Å². The number of hydrogen-bond acceptors (Lipinski definition) is 3. The van der Waals surface area contributed by atoms with Gasteiger partial charge >= 0.3 is 0 Å². The maximum Gasteiger partial charge on any atom is 0.243 e. The Morgan fingerprint density at radius 3 is 2.33 bits per heavy atom. The Bertz CT molecular complexity index is 881. The van der Waals surface area contributed by atoms with Gasteiger partial charge in [0.05, 0.1) is 15.6 Å². The third-order valence-corrected chi connectivity index (χ3v) is 6.79. The van der Waals surface area contributed by atoms with E-state index < -0.39 is 10.0 Å². The number of rotatable bonds is 8. The molecule has 0 saturated carbocycles. The molecule has 0 saturated heterocycles. The van der Waals surface area contributed by atoms with Crippen LogP contribution in [0, 0.1) is 0 Å². The van der Waals surface area contributed by atoms with Gasteiger partial charge in [-0.2, -0.15) is 4.31 Å². The molecule has 0 aliphatic carbocycles. The van der Waals surface area contributed by atoms with Crippen LogP contribution in [0.25, 0.3) is 0 Å². The molecule has 1 unspecified atom stereocenters. The van der Waals surface area contributed by atoms with Crippen molar-refractivity contribution in [3.63, 3.8) is 0 Å². The molecule has 0 heterocycles. The molecule has 2 aromatic rings. The topological polar surface area (TPSA) is 66.5 Å². The van der Waals surface area contributed by atoms with Crippen molar-refractivity contribution in [2.24, 2.45) is 0 Å². The SMILES string of the molecule is CCN(CC)S(=O)(=O)c1ccc(Cl)c(NC(=O)CC(C)c2ccccc2)c1. The largest absolute Gasteiger partial charge is 0.325 e. The minimum absolute atomic E-state index is 0.0348. The Hall–Kier alpha value is -1.89. The van der Waals surface area contributed by atoms with Gasteiger partial charge in [0.2, 0.25) is 15.9 Å². The van der Waals surface area contributed by atoms with Crippen LogP contribution in [0.5, 0.6) is 0 Å². The average Bonchev–Trinajstić information content (AvgIpc) is 2.64. The standard InChI is InChI=1S/C20H25ClN2O3S/c1-4-23(5-2)27(25,26)17-11-12-18(21)19(14-17)22-20(24)13-15(3)16-9-7-6-8-10-16/h6-12,14-15H,4-5,13H2,1-3H3,(H,22,24). The molecule has 2 rings (SSSR count). The second-order valence-electron chi connectivity index (χ2n) is 6.30. The van der Waals surface area contributed by atoms with Gasteiger partial charge in [-0.1, -0.05) is 62.7 Å². The summed E-state index contributed by atoms with van der Waals surface area (Å²) >= 11 is 6.17. The second kappa shape index (κ2) is 9.35. The van der Waals surface area contributed by atoms with E-state index in [-0.39, 0.29) is 23.1 Å². The van der Waals surface area contributed by atoms with Crippen molar-refractivity contribution < 1.29 is 13.2 Å². The number of benzene rings is 2. The smallest absolute Gasteiger partial charge is 0.243 e. The second-order valence-corrected chi connectivity index (χ2v) is 8.64. The van der Waals surface area contributed by atoms with Crippen LogP contribution in [0.3, 0.4) is 0 Å². The summed E-state index contributed by atoms with van der Waals surface area (Å²) in [5, 5.41) is 3.04. The van der Waals surface area contributed by atoms with Crippen LogP contribution in [0.4, 0.5) is 5.69 Å². The maximum atomic E-state index is 12.7. The van der Waals surface area contributed by atoms with E-state index in [9.17, 15) is 13.2 Å². The molecule has 2 aromatic carbocycles. The van der Waals surface area contributed by atoms with Crippen molar-refractivity contribution >= 4 is 33.2 Å². The number of nitrogens with one attached hydrogen (secondary N) is 1. The molecule has 0 aliphatic rings. The van der Waals surface area contributed by atoms with E-state index in [0.29, 0.717) is 23.8 Å². The first kappa shape index (κ1) is 21.4. The predicted molar refractivity (Wildman–Crippen MR) is 110 cm³/mol. The number of halogens is 1. The van der Waals surface area contributed by atoms with Crippen molar-refractivity contribution in [3.8, 4) is 0 Å². The van der Waals surface area contributed by atoms with Crippen molar-refractivity contribution in [3.05, 3.63) is 59.1 Å². The summed E-state index contributed by atoms with van der Waals surface area (Å²) in [6.07, 6.45) is 0.271. The average molecular weight is 409 g/mol. The summed E-state index contributed by atoms with van der Waals surface area (Å²) in [5.41, 5.74) is 1.37. The van der Waals surface area contributed by atoms with Crippen molar-refractivity contribution in [2.45, 2.75) is 38.0 Å². The lowest BCUT2D eigenvalue weighted by molar-refractivity contribution is -0.116. The molecule has 7 heteroatoms. The lowest BCUT2D eigenvalue weighted by atomic mass is 9.97. The molecule has 1 N–H and O–H groups in total. The quantitative estimate of drug-likeness (QED) is 0.699. The normalized spacial score (nSPS) is 12.8. The van der Waals surface area contributed by atoms with E-state index in [1.165, 1.54) is 22.5 Å². The summed E-state index contributed by atoms with van der Waals surface area (Å²) in [6, 6.07) is 14.1. The number of carbonyl (C=O) groups is 1. The van der Waals surface area contributed by atoms with E-state index in [4.69, 9.17) is 11.6 Å². The molecule has 1 amide bonds. The Morgan fingerprint density at radius 2 is 1.74 bits per heavy atom. The molecule has 27 heavy (non-hydrogen) atoms. The highest BCUT2D eigenvalue weighted by Gasteiger charge is 2.23. The van der Waals surface area contributed by atoms with Crippen LogP contribution in [0.15, 0.2) is 53.4 Å². The molecule has 1 atom stereocenters. The van der Waals surface area contributed by atoms with Gasteiger partial charge in [0, 0.05) is 19.5 Å². The van der Waals surface area contributed by atoms with Gasteiger partial charge in [-0.25, -0.2) is 8.42 Å². The molecule has 0 aromatic heterocycles. The zero-order valence-corrected chi connectivity index (χ0v) is 17.3. The number of anilines is 1. The zero-order valence-electron chi connectivity index (χ0n) is 15.8. The minimum atomic E-state index is -3.62. The molecule has 5 nitrogen and oxygen atoms in total. The summed E-state index contributed by atoms with van der Waals surface area (Å²) in [5.74, 6) is -0.182. The summed E-state index contributed by atoms with van der Waals surface area (Å²) in [6.45, 7) is 6.28. The highest BCUT2D eigenvalue weighted by atomic mass is 35.5. The molecule has 0 aliphatic heterocycles. The fourth-order valence-electron chi connectivity index (χ4n) is 2.85. The number of sulfonamides is 1. The highest BCUT2D eigenvalue weighted by Crippen LogP contribution is 2.28. The van der Waals surface area contributed by atoms with Gasteiger partial charge in [0.15, 0.2) is 0 Å². The summed E-state index contributed by atoms with van der Waals surface area (Å²) in [7, 11) is -3.62. The molecule has 146 valence electrons. The fourth-order valence-corrected chi connectivity index (χ4v) is 4.50.